The van der Waals surface area contributed by atoms with E-state index < -0.39 is 6.10 Å². The van der Waals surface area contributed by atoms with Crippen molar-refractivity contribution in [3.63, 3.8) is 0 Å². The molecule has 1 N–H and O–H groups in total. The molecule has 1 saturated heterocycles. The molecule has 2 aliphatic rings. The summed E-state index contributed by atoms with van der Waals surface area (Å²) in [5.41, 5.74) is 2.06. The van der Waals surface area contributed by atoms with Gasteiger partial charge in [0, 0.05) is 38.3 Å². The van der Waals surface area contributed by atoms with Gasteiger partial charge in [0.05, 0.1) is 6.10 Å². The van der Waals surface area contributed by atoms with Gasteiger partial charge in [0.1, 0.15) is 12.4 Å². The fourth-order valence-electron chi connectivity index (χ4n) is 2.89. The second kappa shape index (κ2) is 7.97. The van der Waals surface area contributed by atoms with Crippen LogP contribution in [-0.2, 0) is 0 Å². The van der Waals surface area contributed by atoms with Gasteiger partial charge in [0.15, 0.2) is 0 Å². The molecule has 22 heavy (non-hydrogen) atoms. The number of aliphatic hydroxyl groups is 1. The molecule has 1 aromatic carbocycles. The Balaban J connectivity index is 0.00000176. The summed E-state index contributed by atoms with van der Waals surface area (Å²) in [6, 6.07) is 7.97. The monoisotopic (exact) mass is 324 g/mol. The largest absolute Gasteiger partial charge is 0.489 e. The zero-order chi connectivity index (χ0) is 14.7. The first-order valence-corrected chi connectivity index (χ1v) is 7.73. The van der Waals surface area contributed by atoms with Crippen LogP contribution >= 0.6 is 12.4 Å². The molecule has 2 heterocycles. The Morgan fingerprint density at radius 1 is 1.18 bits per heavy atom. The predicted octanol–water partition coefficient (Wildman–Crippen LogP) is 1.88. The molecular weight excluding hydrogens is 300 g/mol. The number of hydrogen-bond donors (Lipinski definition) is 1. The van der Waals surface area contributed by atoms with Gasteiger partial charge >= 0.3 is 0 Å². The third kappa shape index (κ3) is 4.23. The van der Waals surface area contributed by atoms with Gasteiger partial charge < -0.3 is 19.6 Å². The average molecular weight is 325 g/mol. The Kier molecular flexibility index (Phi) is 6.26. The van der Waals surface area contributed by atoms with Crippen molar-refractivity contribution in [1.29, 1.82) is 0 Å². The molecule has 1 atom stereocenters. The van der Waals surface area contributed by atoms with Crippen LogP contribution in [0.4, 0.5) is 0 Å². The Hall–Kier alpha value is -1.07. The summed E-state index contributed by atoms with van der Waals surface area (Å²) in [6.07, 6.45) is 2.45. The zero-order valence-corrected chi connectivity index (χ0v) is 13.9. The number of piperazine rings is 1. The number of halogens is 1. The molecule has 0 aliphatic carbocycles. The zero-order valence-electron chi connectivity index (χ0n) is 13.1. The van der Waals surface area contributed by atoms with Gasteiger partial charge in [0.25, 0.3) is 0 Å². The number of aliphatic hydroxyl groups excluding tert-OH is 1. The van der Waals surface area contributed by atoms with E-state index in [9.17, 15) is 5.11 Å². The minimum absolute atomic E-state index is 0. The van der Waals surface area contributed by atoms with Gasteiger partial charge in [-0.15, -0.1) is 12.4 Å². The number of nitrogens with zero attached hydrogens (tertiary/aromatic N) is 2. The number of rotatable bonds is 4. The first kappa shape index (κ1) is 17.3. The van der Waals surface area contributed by atoms with Gasteiger partial charge in [-0.3, -0.25) is 0 Å². The van der Waals surface area contributed by atoms with Crippen LogP contribution < -0.4 is 4.74 Å². The molecule has 0 spiro atoms. The van der Waals surface area contributed by atoms with Crippen molar-refractivity contribution >= 4 is 18.5 Å². The quantitative estimate of drug-likeness (QED) is 0.917. The van der Waals surface area contributed by atoms with Crippen LogP contribution in [0.1, 0.15) is 12.0 Å². The van der Waals surface area contributed by atoms with E-state index in [1.54, 1.807) is 0 Å². The van der Waals surface area contributed by atoms with E-state index in [4.69, 9.17) is 4.74 Å². The SMILES string of the molecule is CN1CCN(CCC(O)C2=Cc3ccccc3OC2)CC1.Cl. The summed E-state index contributed by atoms with van der Waals surface area (Å²) in [5.74, 6) is 0.910. The summed E-state index contributed by atoms with van der Waals surface area (Å²) in [6.45, 7) is 5.89. The Labute approximate surface area is 138 Å². The highest BCUT2D eigenvalue weighted by Gasteiger charge is 2.19. The number of likely N-dealkylation sites (N-methyl/N-ethyl adjacent to an activating group) is 1. The van der Waals surface area contributed by atoms with E-state index in [-0.39, 0.29) is 12.4 Å². The molecule has 0 bridgehead atoms. The Bertz CT molecular complexity index is 513. The highest BCUT2D eigenvalue weighted by atomic mass is 35.5. The molecule has 0 amide bonds. The van der Waals surface area contributed by atoms with Crippen LogP contribution in [0.3, 0.4) is 0 Å². The molecular formula is C17H25ClN2O2. The number of fused-ring (bicyclic) bond motifs is 1. The summed E-state index contributed by atoms with van der Waals surface area (Å²) in [5, 5.41) is 10.4. The third-order valence-electron chi connectivity index (χ3n) is 4.40. The summed E-state index contributed by atoms with van der Waals surface area (Å²) in [4.78, 5) is 4.78. The lowest BCUT2D eigenvalue weighted by molar-refractivity contribution is 0.122. The number of ether oxygens (including phenoxy) is 1. The maximum absolute atomic E-state index is 10.4. The van der Waals surface area contributed by atoms with Gasteiger partial charge in [0.2, 0.25) is 0 Å². The van der Waals surface area contributed by atoms with E-state index in [0.717, 1.165) is 56.0 Å². The topological polar surface area (TPSA) is 35.9 Å². The third-order valence-corrected chi connectivity index (χ3v) is 4.40. The lowest BCUT2D eigenvalue weighted by Gasteiger charge is -2.33. The number of hydrogen-bond acceptors (Lipinski definition) is 4. The van der Waals surface area contributed by atoms with E-state index in [0.29, 0.717) is 6.61 Å². The van der Waals surface area contributed by atoms with E-state index in [2.05, 4.69) is 22.9 Å². The van der Waals surface area contributed by atoms with Crippen molar-refractivity contribution in [2.45, 2.75) is 12.5 Å². The molecule has 122 valence electrons. The second-order valence-corrected chi connectivity index (χ2v) is 6.00. The molecule has 2 aliphatic heterocycles. The number of benzene rings is 1. The van der Waals surface area contributed by atoms with E-state index >= 15 is 0 Å². The highest BCUT2D eigenvalue weighted by Crippen LogP contribution is 2.27. The summed E-state index contributed by atoms with van der Waals surface area (Å²) < 4.78 is 5.71. The van der Waals surface area contributed by atoms with Gasteiger partial charge in [-0.1, -0.05) is 18.2 Å². The Morgan fingerprint density at radius 3 is 2.68 bits per heavy atom. The average Bonchev–Trinajstić information content (AvgIpc) is 2.53. The standard InChI is InChI=1S/C17H24N2O2.ClH/c1-18-8-10-19(11-9-18)7-6-16(20)15-12-14-4-2-3-5-17(14)21-13-15;/h2-5,12,16,20H,6-11,13H2,1H3;1H. The van der Waals surface area contributed by atoms with Crippen LogP contribution in [0, 0.1) is 0 Å². The van der Waals surface area contributed by atoms with Crippen molar-refractivity contribution in [2.75, 3.05) is 46.4 Å². The van der Waals surface area contributed by atoms with Crippen LogP contribution in [0.25, 0.3) is 6.08 Å². The van der Waals surface area contributed by atoms with E-state index in [1.165, 1.54) is 0 Å². The molecule has 0 radical (unpaired) electrons. The van der Waals surface area contributed by atoms with Gasteiger partial charge in [-0.05, 0) is 31.2 Å². The van der Waals surface area contributed by atoms with Crippen LogP contribution in [0.2, 0.25) is 0 Å². The molecule has 5 heteroatoms. The van der Waals surface area contributed by atoms with Gasteiger partial charge in [-0.25, -0.2) is 0 Å². The molecule has 1 fully saturated rings. The molecule has 1 aromatic rings. The molecule has 0 aromatic heterocycles. The molecule has 0 saturated carbocycles. The van der Waals surface area contributed by atoms with E-state index in [1.807, 2.05) is 24.3 Å². The lowest BCUT2D eigenvalue weighted by Crippen LogP contribution is -2.45. The van der Waals surface area contributed by atoms with Crippen LogP contribution in [0.5, 0.6) is 5.75 Å². The fraction of sp³-hybridized carbons (Fsp3) is 0.529. The van der Waals surface area contributed by atoms with Crippen molar-refractivity contribution in [3.8, 4) is 5.75 Å². The summed E-state index contributed by atoms with van der Waals surface area (Å²) >= 11 is 0. The van der Waals surface area contributed by atoms with Crippen molar-refractivity contribution in [3.05, 3.63) is 35.4 Å². The maximum Gasteiger partial charge on any atom is 0.127 e. The van der Waals surface area contributed by atoms with Crippen molar-refractivity contribution in [2.24, 2.45) is 0 Å². The van der Waals surface area contributed by atoms with Crippen LogP contribution in [-0.4, -0.2) is 67.4 Å². The minimum atomic E-state index is -0.405. The lowest BCUT2D eigenvalue weighted by atomic mass is 10.0. The first-order valence-electron chi connectivity index (χ1n) is 7.73. The van der Waals surface area contributed by atoms with Gasteiger partial charge in [-0.2, -0.15) is 0 Å². The smallest absolute Gasteiger partial charge is 0.127 e. The molecule has 1 unspecified atom stereocenters. The molecule has 4 nitrogen and oxygen atoms in total. The highest BCUT2D eigenvalue weighted by molar-refractivity contribution is 5.85. The predicted molar refractivity (Wildman–Crippen MR) is 91.7 cm³/mol. The van der Waals surface area contributed by atoms with Crippen molar-refractivity contribution < 1.29 is 9.84 Å². The molecule has 3 rings (SSSR count). The maximum atomic E-state index is 10.4. The first-order chi connectivity index (χ1) is 10.2. The van der Waals surface area contributed by atoms with Crippen molar-refractivity contribution in [1.82, 2.24) is 9.80 Å². The fourth-order valence-corrected chi connectivity index (χ4v) is 2.89. The Morgan fingerprint density at radius 2 is 1.91 bits per heavy atom. The normalized spacial score (nSPS) is 20.4. The van der Waals surface area contributed by atoms with Crippen LogP contribution in [0.15, 0.2) is 29.8 Å². The second-order valence-electron chi connectivity index (χ2n) is 6.00. The number of para-hydroxylation sites is 1. The summed E-state index contributed by atoms with van der Waals surface area (Å²) in [7, 11) is 2.16. The minimum Gasteiger partial charge on any atom is -0.489 e.